The predicted molar refractivity (Wildman–Crippen MR) is 103 cm³/mol. The molecular weight excluding hydrogens is 405 g/mol. The fraction of sp³-hybridized carbons (Fsp3) is 0.0526. The SMILES string of the molecule is CS(=O)(=O)Nc1ccc(-c2ncnc3[nH]c(-c4ccc(F)cc4F)cc23)c(F)c1. The van der Waals surface area contributed by atoms with Gasteiger partial charge in [-0.05, 0) is 36.4 Å². The highest BCUT2D eigenvalue weighted by Gasteiger charge is 2.16. The van der Waals surface area contributed by atoms with Crippen LogP contribution < -0.4 is 4.72 Å². The zero-order chi connectivity index (χ0) is 20.8. The molecule has 0 aliphatic carbocycles. The molecule has 0 bridgehead atoms. The molecular formula is C19H13F3N4O2S. The lowest BCUT2D eigenvalue weighted by Crippen LogP contribution is -2.09. The molecule has 10 heteroatoms. The van der Waals surface area contributed by atoms with Crippen LogP contribution in [0, 0.1) is 17.5 Å². The molecule has 2 N–H and O–H groups in total. The summed E-state index contributed by atoms with van der Waals surface area (Å²) in [6, 6.07) is 8.55. The number of H-pyrrole nitrogens is 1. The number of fused-ring (bicyclic) bond motifs is 1. The summed E-state index contributed by atoms with van der Waals surface area (Å²) >= 11 is 0. The Morgan fingerprint density at radius 1 is 0.931 bits per heavy atom. The number of benzene rings is 2. The van der Waals surface area contributed by atoms with Gasteiger partial charge in [-0.15, -0.1) is 0 Å². The minimum absolute atomic E-state index is 0.0715. The van der Waals surface area contributed by atoms with Gasteiger partial charge in [0.15, 0.2) is 0 Å². The third-order valence-corrected chi connectivity index (χ3v) is 4.78. The van der Waals surface area contributed by atoms with E-state index in [0.717, 1.165) is 24.5 Å². The van der Waals surface area contributed by atoms with Crippen molar-refractivity contribution in [3.63, 3.8) is 0 Å². The maximum atomic E-state index is 14.7. The molecule has 0 saturated carbocycles. The van der Waals surface area contributed by atoms with Gasteiger partial charge >= 0.3 is 0 Å². The van der Waals surface area contributed by atoms with Crippen molar-refractivity contribution >= 4 is 26.7 Å². The minimum Gasteiger partial charge on any atom is -0.339 e. The molecule has 29 heavy (non-hydrogen) atoms. The van der Waals surface area contributed by atoms with Crippen molar-refractivity contribution in [1.82, 2.24) is 15.0 Å². The van der Waals surface area contributed by atoms with Crippen molar-refractivity contribution < 1.29 is 21.6 Å². The van der Waals surface area contributed by atoms with E-state index in [-0.39, 0.29) is 22.5 Å². The van der Waals surface area contributed by atoms with Crippen molar-refractivity contribution in [2.45, 2.75) is 0 Å². The Labute approximate surface area is 163 Å². The van der Waals surface area contributed by atoms with Gasteiger partial charge in [0.05, 0.1) is 23.3 Å². The summed E-state index contributed by atoms with van der Waals surface area (Å²) in [4.78, 5) is 11.1. The van der Waals surface area contributed by atoms with Gasteiger partial charge in [0, 0.05) is 22.6 Å². The molecule has 148 valence electrons. The van der Waals surface area contributed by atoms with Crippen LogP contribution in [-0.4, -0.2) is 29.6 Å². The summed E-state index contributed by atoms with van der Waals surface area (Å²) in [5.41, 5.74) is 1.22. The fourth-order valence-corrected chi connectivity index (χ4v) is 3.55. The van der Waals surface area contributed by atoms with Gasteiger partial charge in [-0.25, -0.2) is 31.6 Å². The Bertz CT molecular complexity index is 1350. The lowest BCUT2D eigenvalue weighted by molar-refractivity contribution is 0.585. The number of nitrogens with one attached hydrogen (secondary N) is 2. The van der Waals surface area contributed by atoms with Crippen molar-refractivity contribution in [3.8, 4) is 22.5 Å². The molecule has 6 nitrogen and oxygen atoms in total. The van der Waals surface area contributed by atoms with Crippen molar-refractivity contribution in [1.29, 1.82) is 0 Å². The molecule has 0 fully saturated rings. The Kier molecular flexibility index (Phi) is 4.50. The van der Waals surface area contributed by atoms with Gasteiger partial charge in [-0.2, -0.15) is 0 Å². The first kappa shape index (κ1) is 18.9. The largest absolute Gasteiger partial charge is 0.339 e. The van der Waals surface area contributed by atoms with E-state index in [1.54, 1.807) is 6.07 Å². The highest BCUT2D eigenvalue weighted by atomic mass is 32.2. The van der Waals surface area contributed by atoms with Crippen LogP contribution >= 0.6 is 0 Å². The molecule has 2 aromatic heterocycles. The van der Waals surface area contributed by atoms with Crippen molar-refractivity contribution in [3.05, 3.63) is 66.2 Å². The third kappa shape index (κ3) is 3.79. The van der Waals surface area contributed by atoms with Crippen molar-refractivity contribution in [2.24, 2.45) is 0 Å². The van der Waals surface area contributed by atoms with E-state index in [2.05, 4.69) is 19.7 Å². The quantitative estimate of drug-likeness (QED) is 0.523. The van der Waals surface area contributed by atoms with Crippen LogP contribution in [0.4, 0.5) is 18.9 Å². The van der Waals surface area contributed by atoms with Crippen LogP contribution in [0.2, 0.25) is 0 Å². The van der Waals surface area contributed by atoms with E-state index in [1.807, 2.05) is 0 Å². The Balaban J connectivity index is 1.82. The van der Waals surface area contributed by atoms with Crippen LogP contribution in [0.1, 0.15) is 0 Å². The number of aromatic amines is 1. The van der Waals surface area contributed by atoms with Gasteiger partial charge in [-0.3, -0.25) is 4.72 Å². The highest BCUT2D eigenvalue weighted by Crippen LogP contribution is 2.33. The number of anilines is 1. The molecule has 0 unspecified atom stereocenters. The Hall–Kier alpha value is -3.40. The maximum absolute atomic E-state index is 14.7. The Morgan fingerprint density at radius 3 is 2.34 bits per heavy atom. The first-order chi connectivity index (χ1) is 13.7. The summed E-state index contributed by atoms with van der Waals surface area (Å²) in [7, 11) is -3.55. The normalized spacial score (nSPS) is 11.7. The number of aromatic nitrogens is 3. The summed E-state index contributed by atoms with van der Waals surface area (Å²) in [5, 5.41) is 0.425. The number of nitrogens with zero attached hydrogens (tertiary/aromatic N) is 2. The van der Waals surface area contributed by atoms with Crippen LogP contribution in [0.5, 0.6) is 0 Å². The number of sulfonamides is 1. The van der Waals surface area contributed by atoms with Gasteiger partial charge in [-0.1, -0.05) is 0 Å². The molecule has 0 aliphatic heterocycles. The predicted octanol–water partition coefficient (Wildman–Crippen LogP) is 4.08. The van der Waals surface area contributed by atoms with Crippen LogP contribution in [0.15, 0.2) is 48.8 Å². The summed E-state index contributed by atoms with van der Waals surface area (Å²) < 4.78 is 66.8. The second kappa shape index (κ2) is 6.89. The van der Waals surface area contributed by atoms with E-state index < -0.39 is 27.5 Å². The smallest absolute Gasteiger partial charge is 0.229 e. The van der Waals surface area contributed by atoms with Crippen LogP contribution in [0.25, 0.3) is 33.5 Å². The Morgan fingerprint density at radius 2 is 1.66 bits per heavy atom. The maximum Gasteiger partial charge on any atom is 0.229 e. The van der Waals surface area contributed by atoms with Gasteiger partial charge in [0.25, 0.3) is 0 Å². The monoisotopic (exact) mass is 418 g/mol. The standard InChI is InChI=1S/C19H13F3N4O2S/c1-29(27,28)26-11-3-5-13(16(22)7-11)18-14-8-17(25-19(14)24-9-23-18)12-4-2-10(20)6-15(12)21/h2-9,26H,1H3,(H,23,24,25). The van der Waals surface area contributed by atoms with Gasteiger partial charge < -0.3 is 4.98 Å². The number of hydrogen-bond acceptors (Lipinski definition) is 4. The average molecular weight is 418 g/mol. The molecule has 2 aromatic carbocycles. The van der Waals surface area contributed by atoms with E-state index in [1.165, 1.54) is 24.5 Å². The van der Waals surface area contributed by atoms with E-state index in [0.29, 0.717) is 16.7 Å². The first-order valence-electron chi connectivity index (χ1n) is 8.28. The van der Waals surface area contributed by atoms with Gasteiger partial charge in [0.2, 0.25) is 10.0 Å². The third-order valence-electron chi connectivity index (χ3n) is 4.17. The summed E-state index contributed by atoms with van der Waals surface area (Å²) in [5.74, 6) is -2.16. The lowest BCUT2D eigenvalue weighted by Gasteiger charge is -2.07. The molecule has 0 saturated heterocycles. The average Bonchev–Trinajstić information content (AvgIpc) is 3.04. The molecule has 0 radical (unpaired) electrons. The first-order valence-corrected chi connectivity index (χ1v) is 10.2. The molecule has 0 spiro atoms. The molecule has 2 heterocycles. The van der Waals surface area contributed by atoms with E-state index in [9.17, 15) is 21.6 Å². The second-order valence-electron chi connectivity index (χ2n) is 6.36. The van der Waals surface area contributed by atoms with Gasteiger partial charge in [0.1, 0.15) is 29.4 Å². The number of rotatable bonds is 4. The van der Waals surface area contributed by atoms with Crippen molar-refractivity contribution in [2.75, 3.05) is 11.0 Å². The fourth-order valence-electron chi connectivity index (χ4n) is 2.99. The number of hydrogen-bond donors (Lipinski definition) is 2. The molecule has 0 atom stereocenters. The molecule has 4 aromatic rings. The van der Waals surface area contributed by atoms with Crippen LogP contribution in [-0.2, 0) is 10.0 Å². The summed E-state index contributed by atoms with van der Waals surface area (Å²) in [6.45, 7) is 0. The zero-order valence-corrected chi connectivity index (χ0v) is 15.7. The second-order valence-corrected chi connectivity index (χ2v) is 8.11. The summed E-state index contributed by atoms with van der Waals surface area (Å²) in [6.07, 6.45) is 2.18. The number of halogens is 3. The van der Waals surface area contributed by atoms with Crippen LogP contribution in [0.3, 0.4) is 0 Å². The highest BCUT2D eigenvalue weighted by molar-refractivity contribution is 7.92. The lowest BCUT2D eigenvalue weighted by atomic mass is 10.1. The topological polar surface area (TPSA) is 87.7 Å². The van der Waals surface area contributed by atoms with E-state index in [4.69, 9.17) is 0 Å². The minimum atomic E-state index is -3.55. The molecule has 0 aliphatic rings. The zero-order valence-electron chi connectivity index (χ0n) is 14.9. The molecule has 4 rings (SSSR count). The molecule has 0 amide bonds. The van der Waals surface area contributed by atoms with E-state index >= 15 is 0 Å².